The van der Waals surface area contributed by atoms with Gasteiger partial charge in [-0.2, -0.15) is 0 Å². The summed E-state index contributed by atoms with van der Waals surface area (Å²) in [5.74, 6) is -0.729. The van der Waals surface area contributed by atoms with Crippen molar-refractivity contribution in [3.63, 3.8) is 0 Å². The molecule has 0 heterocycles. The topological polar surface area (TPSA) is 74.2 Å². The van der Waals surface area contributed by atoms with Crippen molar-refractivity contribution in [1.29, 1.82) is 0 Å². The molecule has 0 aromatic heterocycles. The molecule has 0 bridgehead atoms. The summed E-state index contributed by atoms with van der Waals surface area (Å²) >= 11 is 0. The van der Waals surface area contributed by atoms with Gasteiger partial charge in [-0.05, 0) is 6.07 Å². The first-order valence-corrected chi connectivity index (χ1v) is 6.75. The van der Waals surface area contributed by atoms with Crippen molar-refractivity contribution >= 4 is 7.60 Å². The van der Waals surface area contributed by atoms with Crippen molar-refractivity contribution in [2.75, 3.05) is 28.4 Å². The minimum absolute atomic E-state index is 0.281. The van der Waals surface area contributed by atoms with Gasteiger partial charge in [-0.3, -0.25) is 4.57 Å². The number of ether oxygens (including phenoxy) is 2. The maximum absolute atomic E-state index is 12.1. The van der Waals surface area contributed by atoms with Crippen LogP contribution in [0.4, 0.5) is 0 Å². The fraction of sp³-hybridized carbons (Fsp3) is 0.455. The molecule has 1 rings (SSSR count). The van der Waals surface area contributed by atoms with E-state index < -0.39 is 13.4 Å². The molecule has 18 heavy (non-hydrogen) atoms. The minimum Gasteiger partial charge on any atom is -0.493 e. The normalized spacial score (nSPS) is 13.2. The van der Waals surface area contributed by atoms with Crippen LogP contribution in [0.25, 0.3) is 0 Å². The zero-order valence-electron chi connectivity index (χ0n) is 10.7. The number of hydrogen-bond donors (Lipinski definition) is 1. The Morgan fingerprint density at radius 3 is 2.17 bits per heavy atom. The number of rotatable bonds is 6. The van der Waals surface area contributed by atoms with Crippen LogP contribution in [-0.4, -0.2) is 33.5 Å². The number of methoxy groups -OCH3 is 2. The molecule has 0 aliphatic heterocycles. The molecule has 102 valence electrons. The maximum atomic E-state index is 12.1. The number of aliphatic hydroxyl groups excluding tert-OH is 1. The Labute approximate surface area is 106 Å². The lowest BCUT2D eigenvalue weighted by atomic mass is 10.2. The highest BCUT2D eigenvalue weighted by Gasteiger charge is 2.36. The average Bonchev–Trinajstić information content (AvgIpc) is 2.44. The highest BCUT2D eigenvalue weighted by molar-refractivity contribution is 7.54. The molecule has 0 fully saturated rings. The number of hydrogen-bond acceptors (Lipinski definition) is 6. The van der Waals surface area contributed by atoms with Crippen LogP contribution in [0.5, 0.6) is 11.5 Å². The molecule has 0 saturated heterocycles. The SMILES string of the molecule is COc1cccc(C(O)P(=O)(OC)OC)c1OC. The van der Waals surface area contributed by atoms with Crippen LogP contribution < -0.4 is 9.47 Å². The fourth-order valence-corrected chi connectivity index (χ4v) is 2.65. The van der Waals surface area contributed by atoms with Crippen LogP contribution in [0.15, 0.2) is 18.2 Å². The molecule has 0 radical (unpaired) electrons. The van der Waals surface area contributed by atoms with E-state index in [0.29, 0.717) is 11.5 Å². The monoisotopic (exact) mass is 276 g/mol. The van der Waals surface area contributed by atoms with Crippen molar-refractivity contribution in [1.82, 2.24) is 0 Å². The van der Waals surface area contributed by atoms with Gasteiger partial charge in [0.05, 0.1) is 14.2 Å². The van der Waals surface area contributed by atoms with Gasteiger partial charge in [0.15, 0.2) is 17.3 Å². The van der Waals surface area contributed by atoms with E-state index in [9.17, 15) is 9.67 Å². The van der Waals surface area contributed by atoms with Crippen molar-refractivity contribution in [3.05, 3.63) is 23.8 Å². The maximum Gasteiger partial charge on any atom is 0.363 e. The van der Waals surface area contributed by atoms with Gasteiger partial charge < -0.3 is 23.6 Å². The largest absolute Gasteiger partial charge is 0.493 e. The fourth-order valence-electron chi connectivity index (χ4n) is 1.56. The minimum atomic E-state index is -3.64. The third kappa shape index (κ3) is 2.67. The summed E-state index contributed by atoms with van der Waals surface area (Å²) in [7, 11) is 1.67. The quantitative estimate of drug-likeness (QED) is 0.803. The Morgan fingerprint density at radius 1 is 1.11 bits per heavy atom. The Morgan fingerprint density at radius 2 is 1.72 bits per heavy atom. The third-order valence-electron chi connectivity index (χ3n) is 2.52. The lowest BCUT2D eigenvalue weighted by molar-refractivity contribution is 0.172. The highest BCUT2D eigenvalue weighted by atomic mass is 31.2. The summed E-state index contributed by atoms with van der Waals surface area (Å²) in [4.78, 5) is 0. The van der Waals surface area contributed by atoms with Gasteiger partial charge in [-0.1, -0.05) is 12.1 Å². The van der Waals surface area contributed by atoms with E-state index in [0.717, 1.165) is 0 Å². The van der Waals surface area contributed by atoms with E-state index in [1.54, 1.807) is 18.2 Å². The summed E-state index contributed by atoms with van der Waals surface area (Å²) in [6.07, 6.45) is 0. The van der Waals surface area contributed by atoms with Crippen LogP contribution in [0.2, 0.25) is 0 Å². The Bertz CT molecular complexity index is 439. The van der Waals surface area contributed by atoms with Gasteiger partial charge in [-0.15, -0.1) is 0 Å². The van der Waals surface area contributed by atoms with Crippen LogP contribution >= 0.6 is 7.60 Å². The Balaban J connectivity index is 3.28. The van der Waals surface area contributed by atoms with E-state index in [-0.39, 0.29) is 5.56 Å². The molecule has 0 aliphatic rings. The van der Waals surface area contributed by atoms with Gasteiger partial charge in [0.2, 0.25) is 0 Å². The molecule has 7 heteroatoms. The predicted molar refractivity (Wildman–Crippen MR) is 66.1 cm³/mol. The van der Waals surface area contributed by atoms with Crippen molar-refractivity contribution in [2.24, 2.45) is 0 Å². The third-order valence-corrected chi connectivity index (χ3v) is 4.42. The average molecular weight is 276 g/mol. The van der Waals surface area contributed by atoms with Gasteiger partial charge in [-0.25, -0.2) is 0 Å². The molecule has 6 nitrogen and oxygen atoms in total. The van der Waals surface area contributed by atoms with E-state index in [4.69, 9.17) is 18.5 Å². The first kappa shape index (κ1) is 15.0. The van der Waals surface area contributed by atoms with Gasteiger partial charge in [0.1, 0.15) is 0 Å². The molecule has 1 atom stereocenters. The van der Waals surface area contributed by atoms with Gasteiger partial charge >= 0.3 is 7.60 Å². The molecule has 0 amide bonds. The van der Waals surface area contributed by atoms with Crippen molar-refractivity contribution < 1.29 is 28.2 Å². The van der Waals surface area contributed by atoms with Gasteiger partial charge in [0.25, 0.3) is 0 Å². The summed E-state index contributed by atoms with van der Waals surface area (Å²) < 4.78 is 31.9. The number of para-hydroxylation sites is 1. The van der Waals surface area contributed by atoms with E-state index in [1.165, 1.54) is 28.4 Å². The van der Waals surface area contributed by atoms with Crippen LogP contribution in [0, 0.1) is 0 Å². The molecule has 1 aromatic carbocycles. The van der Waals surface area contributed by atoms with Crippen LogP contribution in [0.1, 0.15) is 11.4 Å². The summed E-state index contributed by atoms with van der Waals surface area (Å²) in [5.41, 5.74) is 0.281. The number of aliphatic hydroxyl groups is 1. The second-order valence-electron chi connectivity index (χ2n) is 3.36. The zero-order chi connectivity index (χ0) is 13.8. The molecular weight excluding hydrogens is 259 g/mol. The van der Waals surface area contributed by atoms with E-state index in [1.807, 2.05) is 0 Å². The van der Waals surface area contributed by atoms with E-state index >= 15 is 0 Å². The van der Waals surface area contributed by atoms with Crippen LogP contribution in [-0.2, 0) is 13.6 Å². The predicted octanol–water partition coefficient (Wildman–Crippen LogP) is 2.18. The molecule has 0 aliphatic carbocycles. The summed E-state index contributed by atoms with van der Waals surface area (Å²) in [5, 5.41) is 10.1. The molecule has 0 saturated carbocycles. The first-order valence-electron chi connectivity index (χ1n) is 5.14. The smallest absolute Gasteiger partial charge is 0.363 e. The highest BCUT2D eigenvalue weighted by Crippen LogP contribution is 2.60. The second-order valence-corrected chi connectivity index (χ2v) is 5.66. The Kier molecular flexibility index (Phi) is 5.16. The molecular formula is C11H17O6P. The lowest BCUT2D eigenvalue weighted by Gasteiger charge is -2.22. The Hall–Kier alpha value is -1.07. The first-order chi connectivity index (χ1) is 8.53. The van der Waals surface area contributed by atoms with Crippen LogP contribution in [0.3, 0.4) is 0 Å². The zero-order valence-corrected chi connectivity index (χ0v) is 11.6. The molecule has 1 unspecified atom stereocenters. The standard InChI is InChI=1S/C11H17O6P/c1-14-9-7-5-6-8(10(9)15-2)11(12)18(13,16-3)17-4/h5-7,11-12H,1-4H3. The lowest BCUT2D eigenvalue weighted by Crippen LogP contribution is -2.05. The number of benzene rings is 1. The van der Waals surface area contributed by atoms with Crippen molar-refractivity contribution in [2.45, 2.75) is 5.85 Å². The molecule has 1 N–H and O–H groups in total. The second kappa shape index (κ2) is 6.20. The molecule has 1 aromatic rings. The van der Waals surface area contributed by atoms with E-state index in [2.05, 4.69) is 0 Å². The molecule has 0 spiro atoms. The summed E-state index contributed by atoms with van der Waals surface area (Å²) in [6.45, 7) is 0. The van der Waals surface area contributed by atoms with Crippen molar-refractivity contribution in [3.8, 4) is 11.5 Å². The van der Waals surface area contributed by atoms with Gasteiger partial charge in [0, 0.05) is 19.8 Å². The summed E-state index contributed by atoms with van der Waals surface area (Å²) in [6, 6.07) is 4.88.